The number of hydrogen-bond acceptors (Lipinski definition) is 4. The second-order valence-corrected chi connectivity index (χ2v) is 9.77. The molecule has 0 bridgehead atoms. The standard InChI is InChI=1S/C21H32N2O2S2/c1-14(2)12-19(27-18-11-7-10-17(18)26)21(25)23-16(20(24)22-3)13-15-8-5-4-6-9-15/h4-6,8-9,14,16-19,26H,7,10-13H2,1-3H3,(H,22,24)(H,23,25). The third-order valence-corrected chi connectivity index (χ3v) is 7.37. The maximum absolute atomic E-state index is 13.1. The van der Waals surface area contributed by atoms with Crippen molar-refractivity contribution < 1.29 is 9.59 Å². The molecule has 0 radical (unpaired) electrons. The molecule has 1 aromatic rings. The van der Waals surface area contributed by atoms with Gasteiger partial charge in [-0.1, -0.05) is 50.6 Å². The second kappa shape index (κ2) is 11.0. The highest BCUT2D eigenvalue weighted by Crippen LogP contribution is 2.37. The first-order valence-electron chi connectivity index (χ1n) is 9.80. The Bertz CT molecular complexity index is 609. The highest BCUT2D eigenvalue weighted by Gasteiger charge is 2.32. The molecule has 2 rings (SSSR count). The van der Waals surface area contributed by atoms with Crippen LogP contribution in [0.5, 0.6) is 0 Å². The van der Waals surface area contributed by atoms with Gasteiger partial charge in [0.25, 0.3) is 0 Å². The zero-order valence-corrected chi connectivity index (χ0v) is 18.2. The summed E-state index contributed by atoms with van der Waals surface area (Å²) in [6, 6.07) is 9.24. The lowest BCUT2D eigenvalue weighted by Gasteiger charge is -2.26. The average Bonchev–Trinajstić information content (AvgIpc) is 3.05. The minimum Gasteiger partial charge on any atom is -0.357 e. The van der Waals surface area contributed by atoms with Gasteiger partial charge in [-0.2, -0.15) is 12.6 Å². The zero-order chi connectivity index (χ0) is 19.8. The highest BCUT2D eigenvalue weighted by atomic mass is 32.2. The van der Waals surface area contributed by atoms with E-state index in [1.54, 1.807) is 18.8 Å². The number of amides is 2. The molecule has 0 saturated heterocycles. The van der Waals surface area contributed by atoms with Crippen LogP contribution in [0.4, 0.5) is 0 Å². The molecule has 1 fully saturated rings. The number of carbonyl (C=O) groups excluding carboxylic acids is 2. The highest BCUT2D eigenvalue weighted by molar-refractivity contribution is 8.02. The maximum Gasteiger partial charge on any atom is 0.242 e. The molecule has 27 heavy (non-hydrogen) atoms. The van der Waals surface area contributed by atoms with E-state index in [0.29, 0.717) is 22.8 Å². The largest absolute Gasteiger partial charge is 0.357 e. The molecule has 0 aromatic heterocycles. The van der Waals surface area contributed by atoms with Crippen LogP contribution in [0, 0.1) is 5.92 Å². The van der Waals surface area contributed by atoms with Crippen LogP contribution in [-0.2, 0) is 16.0 Å². The fraction of sp³-hybridized carbons (Fsp3) is 0.619. The van der Waals surface area contributed by atoms with E-state index in [1.807, 2.05) is 30.3 Å². The smallest absolute Gasteiger partial charge is 0.242 e. The van der Waals surface area contributed by atoms with Gasteiger partial charge in [0.1, 0.15) is 6.04 Å². The van der Waals surface area contributed by atoms with E-state index in [2.05, 4.69) is 37.1 Å². The average molecular weight is 409 g/mol. The van der Waals surface area contributed by atoms with Crippen LogP contribution in [0.15, 0.2) is 30.3 Å². The van der Waals surface area contributed by atoms with Gasteiger partial charge in [-0.05, 0) is 30.7 Å². The van der Waals surface area contributed by atoms with Crippen molar-refractivity contribution in [2.24, 2.45) is 5.92 Å². The molecule has 0 aliphatic heterocycles. The molecule has 4 unspecified atom stereocenters. The summed E-state index contributed by atoms with van der Waals surface area (Å²) in [4.78, 5) is 25.4. The molecule has 4 atom stereocenters. The Morgan fingerprint density at radius 1 is 1.19 bits per heavy atom. The SMILES string of the molecule is CNC(=O)C(Cc1ccccc1)NC(=O)C(CC(C)C)SC1CCCC1S. The van der Waals surface area contributed by atoms with Gasteiger partial charge in [-0.3, -0.25) is 9.59 Å². The minimum atomic E-state index is -0.560. The van der Waals surface area contributed by atoms with Crippen molar-refractivity contribution in [2.75, 3.05) is 7.05 Å². The number of carbonyl (C=O) groups is 2. The molecular weight excluding hydrogens is 376 g/mol. The van der Waals surface area contributed by atoms with Gasteiger partial charge in [-0.25, -0.2) is 0 Å². The van der Waals surface area contributed by atoms with Crippen molar-refractivity contribution >= 4 is 36.2 Å². The number of benzene rings is 1. The summed E-state index contributed by atoms with van der Waals surface area (Å²) in [5.41, 5.74) is 1.03. The molecule has 2 amide bonds. The summed E-state index contributed by atoms with van der Waals surface area (Å²) in [7, 11) is 1.61. The van der Waals surface area contributed by atoms with Crippen LogP contribution in [0.1, 0.15) is 45.1 Å². The van der Waals surface area contributed by atoms with Crippen LogP contribution >= 0.6 is 24.4 Å². The van der Waals surface area contributed by atoms with Gasteiger partial charge >= 0.3 is 0 Å². The van der Waals surface area contributed by atoms with Crippen molar-refractivity contribution in [1.29, 1.82) is 0 Å². The molecular formula is C21H32N2O2S2. The predicted molar refractivity (Wildman–Crippen MR) is 117 cm³/mol. The van der Waals surface area contributed by atoms with Crippen LogP contribution in [0.2, 0.25) is 0 Å². The van der Waals surface area contributed by atoms with Crippen molar-refractivity contribution in [3.8, 4) is 0 Å². The molecule has 1 saturated carbocycles. The van der Waals surface area contributed by atoms with Gasteiger partial charge in [-0.15, -0.1) is 11.8 Å². The van der Waals surface area contributed by atoms with Crippen LogP contribution in [0.25, 0.3) is 0 Å². The fourth-order valence-corrected chi connectivity index (χ4v) is 5.70. The van der Waals surface area contributed by atoms with Crippen molar-refractivity contribution in [1.82, 2.24) is 10.6 Å². The minimum absolute atomic E-state index is 0.0364. The number of nitrogens with one attached hydrogen (secondary N) is 2. The first-order valence-corrected chi connectivity index (χ1v) is 11.3. The summed E-state index contributed by atoms with van der Waals surface area (Å²) in [6.45, 7) is 4.27. The molecule has 1 aromatic carbocycles. The van der Waals surface area contributed by atoms with E-state index in [1.165, 1.54) is 6.42 Å². The molecule has 4 nitrogen and oxygen atoms in total. The van der Waals surface area contributed by atoms with Gasteiger partial charge in [0.05, 0.1) is 5.25 Å². The molecule has 150 valence electrons. The Labute approximate surface area is 173 Å². The normalized spacial score (nSPS) is 21.7. The third-order valence-electron chi connectivity index (χ3n) is 4.90. The lowest BCUT2D eigenvalue weighted by Crippen LogP contribution is -2.50. The van der Waals surface area contributed by atoms with E-state index >= 15 is 0 Å². The van der Waals surface area contributed by atoms with Gasteiger partial charge in [0.2, 0.25) is 11.8 Å². The molecule has 6 heteroatoms. The number of likely N-dealkylation sites (N-methyl/N-ethyl adjacent to an activating group) is 1. The van der Waals surface area contributed by atoms with E-state index < -0.39 is 6.04 Å². The fourth-order valence-electron chi connectivity index (χ4n) is 3.43. The maximum atomic E-state index is 13.1. The summed E-state index contributed by atoms with van der Waals surface area (Å²) < 4.78 is 0. The molecule has 1 aliphatic rings. The third kappa shape index (κ3) is 7.07. The second-order valence-electron chi connectivity index (χ2n) is 7.66. The van der Waals surface area contributed by atoms with E-state index in [4.69, 9.17) is 0 Å². The summed E-state index contributed by atoms with van der Waals surface area (Å²) in [6.07, 6.45) is 4.70. The Morgan fingerprint density at radius 2 is 1.89 bits per heavy atom. The molecule has 2 N–H and O–H groups in total. The number of thioether (sulfide) groups is 1. The van der Waals surface area contributed by atoms with E-state index in [-0.39, 0.29) is 17.1 Å². The van der Waals surface area contributed by atoms with E-state index in [0.717, 1.165) is 24.8 Å². The van der Waals surface area contributed by atoms with Gasteiger partial charge in [0, 0.05) is 24.0 Å². The quantitative estimate of drug-likeness (QED) is 0.549. The zero-order valence-electron chi connectivity index (χ0n) is 16.5. The van der Waals surface area contributed by atoms with Gasteiger partial charge in [0.15, 0.2) is 0 Å². The monoisotopic (exact) mass is 408 g/mol. The first-order chi connectivity index (χ1) is 12.9. The lowest BCUT2D eigenvalue weighted by atomic mass is 10.0. The molecule has 0 heterocycles. The Balaban J connectivity index is 2.07. The number of hydrogen-bond donors (Lipinski definition) is 3. The van der Waals surface area contributed by atoms with Gasteiger partial charge < -0.3 is 10.6 Å². The molecule has 0 spiro atoms. The number of rotatable bonds is 9. The Hall–Kier alpha value is -1.14. The molecule has 1 aliphatic carbocycles. The van der Waals surface area contributed by atoms with Crippen molar-refractivity contribution in [3.63, 3.8) is 0 Å². The first kappa shape index (κ1) is 22.2. The predicted octanol–water partition coefficient (Wildman–Crippen LogP) is 3.46. The Morgan fingerprint density at radius 3 is 2.44 bits per heavy atom. The van der Waals surface area contributed by atoms with Crippen LogP contribution < -0.4 is 10.6 Å². The topological polar surface area (TPSA) is 58.2 Å². The van der Waals surface area contributed by atoms with Crippen LogP contribution in [-0.4, -0.2) is 40.7 Å². The number of thiol groups is 1. The lowest BCUT2D eigenvalue weighted by molar-refractivity contribution is -0.128. The van der Waals surface area contributed by atoms with Crippen LogP contribution in [0.3, 0.4) is 0 Å². The summed E-state index contributed by atoms with van der Waals surface area (Å²) >= 11 is 6.43. The summed E-state index contributed by atoms with van der Waals surface area (Å²) in [5, 5.41) is 6.31. The van der Waals surface area contributed by atoms with Crippen molar-refractivity contribution in [2.45, 2.75) is 67.7 Å². The Kier molecular flexibility index (Phi) is 9.03. The van der Waals surface area contributed by atoms with E-state index in [9.17, 15) is 9.59 Å². The van der Waals surface area contributed by atoms with Crippen molar-refractivity contribution in [3.05, 3.63) is 35.9 Å². The summed E-state index contributed by atoms with van der Waals surface area (Å²) in [5.74, 6) is 0.222.